The maximum Gasteiger partial charge on any atom is 0.255 e. The lowest BCUT2D eigenvalue weighted by atomic mass is 9.99. The number of hydrogen-bond donors (Lipinski definition) is 2. The average Bonchev–Trinajstić information content (AvgIpc) is 2.72. The molecule has 0 radical (unpaired) electrons. The van der Waals surface area contributed by atoms with Gasteiger partial charge >= 0.3 is 0 Å². The molecule has 0 saturated heterocycles. The van der Waals surface area contributed by atoms with E-state index in [2.05, 4.69) is 5.32 Å². The average molecular weight is 365 g/mol. The van der Waals surface area contributed by atoms with Gasteiger partial charge < -0.3 is 19.9 Å². The summed E-state index contributed by atoms with van der Waals surface area (Å²) in [6.07, 6.45) is -0.243. The summed E-state index contributed by atoms with van der Waals surface area (Å²) in [4.78, 5) is 12.4. The normalized spacial score (nSPS) is 11.8. The molecule has 5 heteroatoms. The Balaban J connectivity index is 1.65. The first-order valence-electron chi connectivity index (χ1n) is 8.80. The number of carbonyl (C=O) groups is 1. The first kappa shape index (κ1) is 18.7. The number of rotatable bonds is 7. The van der Waals surface area contributed by atoms with Crippen molar-refractivity contribution < 1.29 is 19.4 Å². The molecule has 0 aromatic heterocycles. The van der Waals surface area contributed by atoms with E-state index in [1.54, 1.807) is 25.3 Å². The van der Waals surface area contributed by atoms with Gasteiger partial charge in [-0.2, -0.15) is 0 Å². The molecule has 1 atom stereocenters. The van der Waals surface area contributed by atoms with E-state index in [0.717, 1.165) is 16.3 Å². The first-order valence-corrected chi connectivity index (χ1v) is 8.80. The lowest BCUT2D eigenvalue weighted by Gasteiger charge is -2.15. The van der Waals surface area contributed by atoms with Crippen molar-refractivity contribution in [3.8, 4) is 11.5 Å². The molecular weight excluding hydrogens is 342 g/mol. The van der Waals surface area contributed by atoms with E-state index in [1.165, 1.54) is 7.11 Å². The topological polar surface area (TPSA) is 67.8 Å². The van der Waals surface area contributed by atoms with Crippen LogP contribution in [0.4, 0.5) is 0 Å². The highest BCUT2D eigenvalue weighted by Gasteiger charge is 2.15. The number of hydrogen-bond acceptors (Lipinski definition) is 4. The molecule has 0 spiro atoms. The molecule has 5 nitrogen and oxygen atoms in total. The molecule has 27 heavy (non-hydrogen) atoms. The van der Waals surface area contributed by atoms with Gasteiger partial charge in [-0.1, -0.05) is 42.5 Å². The van der Waals surface area contributed by atoms with Gasteiger partial charge in [0, 0.05) is 12.6 Å². The van der Waals surface area contributed by atoms with E-state index in [4.69, 9.17) is 9.47 Å². The van der Waals surface area contributed by atoms with Crippen LogP contribution in [0.1, 0.15) is 28.4 Å². The minimum atomic E-state index is -0.658. The number of aliphatic hydroxyl groups is 1. The van der Waals surface area contributed by atoms with Crippen molar-refractivity contribution in [2.75, 3.05) is 20.8 Å². The Hall–Kier alpha value is -3.05. The Bertz CT molecular complexity index is 933. The van der Waals surface area contributed by atoms with Crippen molar-refractivity contribution in [3.63, 3.8) is 0 Å². The zero-order valence-electron chi connectivity index (χ0n) is 15.4. The number of methoxy groups -OCH3 is 2. The van der Waals surface area contributed by atoms with Crippen molar-refractivity contribution in [3.05, 3.63) is 71.8 Å². The molecule has 3 aromatic carbocycles. The molecule has 3 aromatic rings. The molecule has 1 amide bonds. The number of fused-ring (bicyclic) bond motifs is 1. The fourth-order valence-electron chi connectivity index (χ4n) is 3.10. The number of ether oxygens (including phenoxy) is 2. The van der Waals surface area contributed by atoms with Crippen LogP contribution in [0.2, 0.25) is 0 Å². The summed E-state index contributed by atoms with van der Waals surface area (Å²) in [5.41, 5.74) is 1.29. The summed E-state index contributed by atoms with van der Waals surface area (Å²) in [6, 6.07) is 18.8. The summed E-state index contributed by atoms with van der Waals surface area (Å²) >= 11 is 0. The highest BCUT2D eigenvalue weighted by Crippen LogP contribution is 2.27. The molecule has 0 heterocycles. The van der Waals surface area contributed by atoms with Gasteiger partial charge in [0.05, 0.1) is 25.9 Å². The number of aliphatic hydroxyl groups excluding tert-OH is 1. The maximum absolute atomic E-state index is 12.4. The Labute approximate surface area is 158 Å². The number of benzene rings is 3. The number of amides is 1. The maximum atomic E-state index is 12.4. The van der Waals surface area contributed by atoms with Crippen LogP contribution in [0.15, 0.2) is 60.7 Å². The highest BCUT2D eigenvalue weighted by molar-refractivity contribution is 5.97. The van der Waals surface area contributed by atoms with E-state index in [0.29, 0.717) is 30.0 Å². The molecule has 0 fully saturated rings. The van der Waals surface area contributed by atoms with E-state index >= 15 is 0 Å². The Morgan fingerprint density at radius 1 is 1.04 bits per heavy atom. The largest absolute Gasteiger partial charge is 0.497 e. The Kier molecular flexibility index (Phi) is 5.94. The minimum absolute atomic E-state index is 0.250. The lowest BCUT2D eigenvalue weighted by Crippen LogP contribution is -2.26. The second kappa shape index (κ2) is 8.56. The summed E-state index contributed by atoms with van der Waals surface area (Å²) in [5, 5.41) is 15.5. The molecule has 2 N–H and O–H groups in total. The Morgan fingerprint density at radius 2 is 1.81 bits per heavy atom. The summed E-state index contributed by atoms with van der Waals surface area (Å²) in [6.45, 7) is 0.346. The van der Waals surface area contributed by atoms with Gasteiger partial charge in [0.15, 0.2) is 0 Å². The molecule has 0 bridgehead atoms. The van der Waals surface area contributed by atoms with Crippen molar-refractivity contribution >= 4 is 16.7 Å². The third-order valence-electron chi connectivity index (χ3n) is 4.54. The zero-order valence-corrected chi connectivity index (χ0v) is 15.4. The third kappa shape index (κ3) is 4.20. The van der Waals surface area contributed by atoms with Crippen LogP contribution in [-0.4, -0.2) is 31.8 Å². The summed E-state index contributed by atoms with van der Waals surface area (Å²) < 4.78 is 10.4. The van der Waals surface area contributed by atoms with Crippen LogP contribution in [0.3, 0.4) is 0 Å². The fraction of sp³-hybridized carbons (Fsp3) is 0.227. The van der Waals surface area contributed by atoms with E-state index in [1.807, 2.05) is 42.5 Å². The second-order valence-electron chi connectivity index (χ2n) is 6.19. The van der Waals surface area contributed by atoms with Gasteiger partial charge in [-0.25, -0.2) is 0 Å². The molecule has 3 rings (SSSR count). The van der Waals surface area contributed by atoms with Crippen LogP contribution < -0.4 is 14.8 Å². The van der Waals surface area contributed by atoms with Gasteiger partial charge in [-0.3, -0.25) is 4.79 Å². The van der Waals surface area contributed by atoms with Gasteiger partial charge in [-0.05, 0) is 34.9 Å². The molecule has 0 aliphatic rings. The molecule has 0 aliphatic carbocycles. The minimum Gasteiger partial charge on any atom is -0.497 e. The second-order valence-corrected chi connectivity index (χ2v) is 6.19. The third-order valence-corrected chi connectivity index (χ3v) is 4.54. The molecular formula is C22H23NO4. The fourth-order valence-corrected chi connectivity index (χ4v) is 3.10. The van der Waals surface area contributed by atoms with Crippen LogP contribution in [0.25, 0.3) is 10.8 Å². The van der Waals surface area contributed by atoms with Crippen molar-refractivity contribution in [2.24, 2.45) is 0 Å². The lowest BCUT2D eigenvalue weighted by molar-refractivity contribution is 0.0940. The predicted octanol–water partition coefficient (Wildman–Crippen LogP) is 3.71. The van der Waals surface area contributed by atoms with Crippen molar-refractivity contribution in [1.82, 2.24) is 5.32 Å². The van der Waals surface area contributed by atoms with Gasteiger partial charge in [0.25, 0.3) is 5.91 Å². The van der Waals surface area contributed by atoms with Crippen LogP contribution in [0, 0.1) is 0 Å². The van der Waals surface area contributed by atoms with Crippen molar-refractivity contribution in [1.29, 1.82) is 0 Å². The van der Waals surface area contributed by atoms with Gasteiger partial charge in [0.2, 0.25) is 0 Å². The molecule has 0 saturated carbocycles. The quantitative estimate of drug-likeness (QED) is 0.670. The van der Waals surface area contributed by atoms with Crippen LogP contribution in [-0.2, 0) is 0 Å². The van der Waals surface area contributed by atoms with E-state index < -0.39 is 6.10 Å². The molecule has 140 valence electrons. The molecule has 0 aliphatic heterocycles. The summed E-state index contributed by atoms with van der Waals surface area (Å²) in [7, 11) is 3.07. The zero-order chi connectivity index (χ0) is 19.2. The monoisotopic (exact) mass is 365 g/mol. The smallest absolute Gasteiger partial charge is 0.255 e. The summed E-state index contributed by atoms with van der Waals surface area (Å²) in [5.74, 6) is 0.816. The van der Waals surface area contributed by atoms with E-state index in [-0.39, 0.29) is 5.91 Å². The van der Waals surface area contributed by atoms with E-state index in [9.17, 15) is 9.90 Å². The van der Waals surface area contributed by atoms with Crippen molar-refractivity contribution in [2.45, 2.75) is 12.5 Å². The van der Waals surface area contributed by atoms with Crippen LogP contribution >= 0.6 is 0 Å². The highest BCUT2D eigenvalue weighted by atomic mass is 16.5. The number of nitrogens with one attached hydrogen (secondary N) is 1. The Morgan fingerprint density at radius 3 is 2.59 bits per heavy atom. The molecule has 1 unspecified atom stereocenters. The first-order chi connectivity index (χ1) is 13.1. The standard InChI is InChI=1S/C22H23NO4/c1-26-16-10-11-19(21(14-16)27-2)22(25)23-13-12-20(24)18-9-5-7-15-6-3-4-8-17(15)18/h3-11,14,20,24H,12-13H2,1-2H3,(H,23,25). The number of carbonyl (C=O) groups excluding carboxylic acids is 1. The van der Waals surface area contributed by atoms with Gasteiger partial charge in [0.1, 0.15) is 11.5 Å². The van der Waals surface area contributed by atoms with Gasteiger partial charge in [-0.15, -0.1) is 0 Å². The SMILES string of the molecule is COc1ccc(C(=O)NCCC(O)c2cccc3ccccc23)c(OC)c1. The van der Waals surface area contributed by atoms with Crippen LogP contribution in [0.5, 0.6) is 11.5 Å². The predicted molar refractivity (Wildman–Crippen MR) is 105 cm³/mol.